The molecule has 0 saturated carbocycles. The molecular formula is C25H25F2N3O4. The molecule has 0 spiro atoms. The predicted molar refractivity (Wildman–Crippen MR) is 122 cm³/mol. The number of nitrogens with zero attached hydrogens (tertiary/aromatic N) is 2. The lowest BCUT2D eigenvalue weighted by atomic mass is 9.82. The van der Waals surface area contributed by atoms with Gasteiger partial charge in [0.25, 0.3) is 0 Å². The van der Waals surface area contributed by atoms with Gasteiger partial charge in [-0.15, -0.1) is 0 Å². The molecule has 1 aliphatic heterocycles. The van der Waals surface area contributed by atoms with Crippen molar-refractivity contribution in [1.29, 1.82) is 0 Å². The van der Waals surface area contributed by atoms with Crippen LogP contribution in [0, 0.1) is 11.6 Å². The van der Waals surface area contributed by atoms with Gasteiger partial charge in [0.2, 0.25) is 0 Å². The summed E-state index contributed by atoms with van der Waals surface area (Å²) in [5, 5.41) is 18.4. The molecule has 9 heteroatoms. The van der Waals surface area contributed by atoms with Gasteiger partial charge in [-0.2, -0.15) is 5.10 Å². The Hall–Kier alpha value is -3.30. The van der Waals surface area contributed by atoms with Crippen molar-refractivity contribution >= 4 is 27.8 Å². The smallest absolute Gasteiger partial charge is 0.332 e. The molecule has 1 aliphatic rings. The number of benzene rings is 2. The fourth-order valence-corrected chi connectivity index (χ4v) is 5.15. The van der Waals surface area contributed by atoms with Gasteiger partial charge in [0.05, 0.1) is 30.4 Å². The molecule has 0 radical (unpaired) electrons. The fraction of sp³-hybridized carbons (Fsp3) is 0.360. The molecule has 1 saturated heterocycles. The Morgan fingerprint density at radius 2 is 2.09 bits per heavy atom. The van der Waals surface area contributed by atoms with Crippen molar-refractivity contribution in [2.45, 2.75) is 37.7 Å². The number of carboxylic acid groups (broad SMARTS) is 1. The van der Waals surface area contributed by atoms with Crippen molar-refractivity contribution in [3.63, 3.8) is 0 Å². The lowest BCUT2D eigenvalue weighted by Gasteiger charge is -2.29. The lowest BCUT2D eigenvalue weighted by molar-refractivity contribution is -0.147. The first-order chi connectivity index (χ1) is 16.2. The molecule has 2 aromatic heterocycles. The number of hydrogen-bond donors (Lipinski definition) is 2. The van der Waals surface area contributed by atoms with Crippen LogP contribution in [-0.2, 0) is 19.7 Å². The van der Waals surface area contributed by atoms with Gasteiger partial charge in [-0.05, 0) is 36.2 Å². The summed E-state index contributed by atoms with van der Waals surface area (Å²) in [5.74, 6) is -3.08. The van der Waals surface area contributed by atoms with Gasteiger partial charge in [-0.1, -0.05) is 13.8 Å². The Morgan fingerprint density at radius 1 is 1.29 bits per heavy atom. The molecule has 2 aromatic carbocycles. The summed E-state index contributed by atoms with van der Waals surface area (Å²) in [6.45, 7) is 4.63. The van der Waals surface area contributed by atoms with Crippen LogP contribution in [0.4, 0.5) is 8.78 Å². The topological polar surface area (TPSA) is 89.4 Å². The molecule has 3 heterocycles. The van der Waals surface area contributed by atoms with Crippen molar-refractivity contribution in [3.8, 4) is 5.69 Å². The lowest BCUT2D eigenvalue weighted by Crippen LogP contribution is -2.29. The van der Waals surface area contributed by atoms with E-state index in [2.05, 4.69) is 10.2 Å². The largest absolute Gasteiger partial charge is 0.479 e. The molecule has 34 heavy (non-hydrogen) atoms. The van der Waals surface area contributed by atoms with E-state index in [1.54, 1.807) is 19.4 Å². The van der Waals surface area contributed by atoms with Crippen LogP contribution in [0.25, 0.3) is 27.5 Å². The third-order valence-corrected chi connectivity index (χ3v) is 6.55. The minimum atomic E-state index is -1.000. The Labute approximate surface area is 194 Å². The van der Waals surface area contributed by atoms with E-state index in [-0.39, 0.29) is 12.5 Å². The zero-order chi connectivity index (χ0) is 24.2. The number of methoxy groups -OCH3 is 1. The van der Waals surface area contributed by atoms with Gasteiger partial charge in [-0.3, -0.25) is 5.10 Å². The molecule has 0 bridgehead atoms. The predicted octanol–water partition coefficient (Wildman–Crippen LogP) is 4.67. The molecule has 2 atom stereocenters. The van der Waals surface area contributed by atoms with Gasteiger partial charge in [0.15, 0.2) is 17.7 Å². The molecular weight excluding hydrogens is 444 g/mol. The van der Waals surface area contributed by atoms with E-state index in [0.29, 0.717) is 18.7 Å². The number of hydrogen-bond acceptors (Lipinski definition) is 4. The standard InChI is InChI=1S/C25H25F2N3O4/c1-25(2,12-33-3)23-22(14-7-21(24(31)32)34-11-14)16-9-19-13(10-28-29-19)6-20(16)30(23)15-4-5-17(26)18(27)8-15/h4-6,8-10,14,21H,7,11-12H2,1-3H3,(H,28,29)(H,31,32)/t14-,21?/m0/s1. The zero-order valence-electron chi connectivity index (χ0n) is 19.1. The van der Waals surface area contributed by atoms with E-state index < -0.39 is 29.1 Å². The highest BCUT2D eigenvalue weighted by molar-refractivity contribution is 5.99. The van der Waals surface area contributed by atoms with Crippen LogP contribution >= 0.6 is 0 Å². The van der Waals surface area contributed by atoms with Crippen molar-refractivity contribution in [2.75, 3.05) is 20.3 Å². The van der Waals surface area contributed by atoms with Crippen LogP contribution in [0.1, 0.15) is 37.4 Å². The number of nitrogens with one attached hydrogen (secondary N) is 1. The molecule has 178 valence electrons. The average Bonchev–Trinajstić information content (AvgIpc) is 3.50. The molecule has 0 amide bonds. The number of halogens is 2. The molecule has 4 aromatic rings. The summed E-state index contributed by atoms with van der Waals surface area (Å²) < 4.78 is 41.3. The third kappa shape index (κ3) is 3.56. The van der Waals surface area contributed by atoms with Crippen LogP contribution < -0.4 is 0 Å². The second-order valence-electron chi connectivity index (χ2n) is 9.43. The Balaban J connectivity index is 1.88. The Bertz CT molecular complexity index is 1410. The third-order valence-electron chi connectivity index (χ3n) is 6.55. The first-order valence-corrected chi connectivity index (χ1v) is 11.0. The molecule has 1 fully saturated rings. The Morgan fingerprint density at radius 3 is 2.76 bits per heavy atom. The van der Waals surface area contributed by atoms with Gasteiger partial charge in [0.1, 0.15) is 0 Å². The highest BCUT2D eigenvalue weighted by Crippen LogP contribution is 2.45. The number of rotatable bonds is 6. The van der Waals surface area contributed by atoms with E-state index in [0.717, 1.165) is 39.1 Å². The van der Waals surface area contributed by atoms with Gasteiger partial charge in [-0.25, -0.2) is 13.6 Å². The summed E-state index contributed by atoms with van der Waals surface area (Å²) in [5.41, 5.74) is 3.28. The molecule has 2 N–H and O–H groups in total. The highest BCUT2D eigenvalue weighted by atomic mass is 19.2. The molecule has 7 nitrogen and oxygen atoms in total. The number of ether oxygens (including phenoxy) is 2. The van der Waals surface area contributed by atoms with Crippen molar-refractivity contribution in [1.82, 2.24) is 14.8 Å². The van der Waals surface area contributed by atoms with Crippen LogP contribution in [-0.4, -0.2) is 52.3 Å². The van der Waals surface area contributed by atoms with Gasteiger partial charge in [0, 0.05) is 46.7 Å². The monoisotopic (exact) mass is 469 g/mol. The number of H-pyrrole nitrogens is 1. The van der Waals surface area contributed by atoms with Crippen molar-refractivity contribution in [2.24, 2.45) is 0 Å². The molecule has 1 unspecified atom stereocenters. The molecule has 0 aliphatic carbocycles. The van der Waals surface area contributed by atoms with Crippen LogP contribution in [0.2, 0.25) is 0 Å². The SMILES string of the molecule is COCC(C)(C)c1c([C@@H]2COC(C(=O)O)C2)c2cc3[nH]ncc3cc2n1-c1ccc(F)c(F)c1. The fourth-order valence-electron chi connectivity index (χ4n) is 5.15. The second kappa shape index (κ2) is 8.18. The van der Waals surface area contributed by atoms with E-state index in [1.807, 2.05) is 30.5 Å². The quantitative estimate of drug-likeness (QED) is 0.429. The number of fused-ring (bicyclic) bond motifs is 2. The van der Waals surface area contributed by atoms with Gasteiger partial charge < -0.3 is 19.1 Å². The van der Waals surface area contributed by atoms with Crippen molar-refractivity contribution in [3.05, 3.63) is 59.4 Å². The zero-order valence-corrected chi connectivity index (χ0v) is 19.1. The van der Waals surface area contributed by atoms with Crippen LogP contribution in [0.5, 0.6) is 0 Å². The number of aliphatic carboxylic acids is 1. The van der Waals surface area contributed by atoms with Gasteiger partial charge >= 0.3 is 5.97 Å². The summed E-state index contributed by atoms with van der Waals surface area (Å²) in [6.07, 6.45) is 1.11. The normalized spacial score (nSPS) is 18.9. The number of aromatic nitrogens is 3. The Kier molecular flexibility index (Phi) is 5.41. The second-order valence-corrected chi connectivity index (χ2v) is 9.43. The maximum absolute atomic E-state index is 14.4. The maximum atomic E-state index is 14.4. The maximum Gasteiger partial charge on any atom is 0.332 e. The summed E-state index contributed by atoms with van der Waals surface area (Å²) in [7, 11) is 1.61. The van der Waals surface area contributed by atoms with Crippen LogP contribution in [0.3, 0.4) is 0 Å². The summed E-state index contributed by atoms with van der Waals surface area (Å²) in [4.78, 5) is 11.6. The minimum absolute atomic E-state index is 0.207. The minimum Gasteiger partial charge on any atom is -0.479 e. The van der Waals surface area contributed by atoms with E-state index in [4.69, 9.17) is 9.47 Å². The number of carboxylic acids is 1. The highest BCUT2D eigenvalue weighted by Gasteiger charge is 2.39. The molecule has 5 rings (SSSR count). The summed E-state index contributed by atoms with van der Waals surface area (Å²) in [6, 6.07) is 7.76. The van der Waals surface area contributed by atoms with Crippen LogP contribution in [0.15, 0.2) is 36.5 Å². The van der Waals surface area contributed by atoms with E-state index >= 15 is 0 Å². The number of aromatic amines is 1. The van der Waals surface area contributed by atoms with Crippen molar-refractivity contribution < 1.29 is 28.2 Å². The summed E-state index contributed by atoms with van der Waals surface area (Å²) >= 11 is 0. The first-order valence-electron chi connectivity index (χ1n) is 11.0. The van der Waals surface area contributed by atoms with E-state index in [9.17, 15) is 18.7 Å². The van der Waals surface area contributed by atoms with E-state index in [1.165, 1.54) is 6.07 Å². The average molecular weight is 469 g/mol. The number of carbonyl (C=O) groups is 1. The first kappa shape index (κ1) is 22.5.